The molecule has 4 nitrogen and oxygen atoms in total. The summed E-state index contributed by atoms with van der Waals surface area (Å²) in [6, 6.07) is -0.329. The van der Waals surface area contributed by atoms with Crippen molar-refractivity contribution in [3.8, 4) is 0 Å². The fourth-order valence-electron chi connectivity index (χ4n) is 1.20. The molecular weight excluding hydrogens is 204 g/mol. The molecule has 80 valence electrons. The van der Waals surface area contributed by atoms with Gasteiger partial charge in [0.05, 0.1) is 0 Å². The van der Waals surface area contributed by atoms with Gasteiger partial charge in [-0.15, -0.1) is 11.6 Å². The van der Waals surface area contributed by atoms with Gasteiger partial charge in [0.25, 0.3) is 0 Å². The highest BCUT2D eigenvalue weighted by Gasteiger charge is 2.26. The van der Waals surface area contributed by atoms with E-state index in [4.69, 9.17) is 11.6 Å². The first kappa shape index (κ1) is 11.3. The first-order valence-electron chi connectivity index (χ1n) is 4.82. The van der Waals surface area contributed by atoms with E-state index in [0.717, 1.165) is 6.54 Å². The summed E-state index contributed by atoms with van der Waals surface area (Å²) in [5.74, 6) is 0.0184. The van der Waals surface area contributed by atoms with Crippen LogP contribution in [-0.4, -0.2) is 35.8 Å². The Bertz CT molecular complexity index is 229. The summed E-state index contributed by atoms with van der Waals surface area (Å²) >= 11 is 5.28. The van der Waals surface area contributed by atoms with Gasteiger partial charge in [-0.25, -0.2) is 4.79 Å². The van der Waals surface area contributed by atoms with Crippen LogP contribution in [0.2, 0.25) is 0 Å². The summed E-state index contributed by atoms with van der Waals surface area (Å²) in [6.07, 6.45) is 2.38. The van der Waals surface area contributed by atoms with Crippen LogP contribution in [0.3, 0.4) is 0 Å². The van der Waals surface area contributed by atoms with E-state index in [1.54, 1.807) is 4.90 Å². The molecule has 0 saturated heterocycles. The van der Waals surface area contributed by atoms with Crippen LogP contribution >= 0.6 is 11.6 Å². The number of hydrogen-bond donors (Lipinski definition) is 1. The van der Waals surface area contributed by atoms with E-state index in [1.807, 2.05) is 6.92 Å². The van der Waals surface area contributed by atoms with Crippen molar-refractivity contribution in [3.63, 3.8) is 0 Å². The number of amides is 3. The van der Waals surface area contributed by atoms with Gasteiger partial charge in [-0.2, -0.15) is 0 Å². The molecule has 1 aliphatic carbocycles. The summed E-state index contributed by atoms with van der Waals surface area (Å²) < 4.78 is 0. The number of hydrogen-bond acceptors (Lipinski definition) is 2. The second kappa shape index (κ2) is 5.20. The molecule has 0 aromatic heterocycles. The Hall–Kier alpha value is -0.770. The summed E-state index contributed by atoms with van der Waals surface area (Å²) in [7, 11) is 0. The van der Waals surface area contributed by atoms with Gasteiger partial charge >= 0.3 is 6.03 Å². The third-order valence-corrected chi connectivity index (χ3v) is 2.45. The Kier molecular flexibility index (Phi) is 4.20. The zero-order valence-corrected chi connectivity index (χ0v) is 9.01. The van der Waals surface area contributed by atoms with Gasteiger partial charge in [-0.1, -0.05) is 0 Å². The van der Waals surface area contributed by atoms with Gasteiger partial charge in [0.15, 0.2) is 0 Å². The van der Waals surface area contributed by atoms with E-state index in [-0.39, 0.29) is 11.9 Å². The molecule has 0 aliphatic heterocycles. The van der Waals surface area contributed by atoms with Crippen LogP contribution in [-0.2, 0) is 4.79 Å². The van der Waals surface area contributed by atoms with Crippen molar-refractivity contribution < 1.29 is 9.59 Å². The second-order valence-electron chi connectivity index (χ2n) is 3.47. The molecule has 0 heterocycles. The minimum Gasteiger partial charge on any atom is -0.324 e. The highest BCUT2D eigenvalue weighted by atomic mass is 35.5. The van der Waals surface area contributed by atoms with Crippen molar-refractivity contribution >= 4 is 23.5 Å². The molecule has 0 spiro atoms. The van der Waals surface area contributed by atoms with Gasteiger partial charge in [0.2, 0.25) is 5.91 Å². The molecule has 0 unspecified atom stereocenters. The number of carbonyl (C=O) groups is 2. The van der Waals surface area contributed by atoms with Gasteiger partial charge < -0.3 is 4.90 Å². The Morgan fingerprint density at radius 2 is 2.14 bits per heavy atom. The zero-order chi connectivity index (χ0) is 10.6. The zero-order valence-electron chi connectivity index (χ0n) is 8.25. The lowest BCUT2D eigenvalue weighted by atomic mass is 10.4. The minimum absolute atomic E-state index is 0.174. The molecule has 1 N–H and O–H groups in total. The molecule has 0 aromatic rings. The molecule has 1 aliphatic rings. The summed E-state index contributed by atoms with van der Waals surface area (Å²) in [5.41, 5.74) is 0. The van der Waals surface area contributed by atoms with E-state index in [1.165, 1.54) is 12.8 Å². The number of halogens is 1. The van der Waals surface area contributed by atoms with E-state index < -0.39 is 5.91 Å². The molecule has 0 atom stereocenters. The normalized spacial score (nSPS) is 15.0. The number of rotatable bonds is 4. The molecule has 0 radical (unpaired) electrons. The molecule has 5 heteroatoms. The van der Waals surface area contributed by atoms with Gasteiger partial charge in [0, 0.05) is 13.1 Å². The predicted molar refractivity (Wildman–Crippen MR) is 54.2 cm³/mol. The summed E-state index contributed by atoms with van der Waals surface area (Å²) in [4.78, 5) is 23.9. The predicted octanol–water partition coefficient (Wildman–Crippen LogP) is 1.19. The smallest absolute Gasteiger partial charge is 0.324 e. The molecule has 1 rings (SSSR count). The van der Waals surface area contributed by atoms with Crippen molar-refractivity contribution in [2.45, 2.75) is 19.8 Å². The second-order valence-corrected chi connectivity index (χ2v) is 3.74. The summed E-state index contributed by atoms with van der Waals surface area (Å²) in [5, 5.41) is 2.23. The van der Waals surface area contributed by atoms with Crippen molar-refractivity contribution in [3.05, 3.63) is 0 Å². The third kappa shape index (κ3) is 3.54. The van der Waals surface area contributed by atoms with Crippen molar-refractivity contribution in [2.24, 2.45) is 5.92 Å². The molecule has 0 bridgehead atoms. The number of nitrogens with zero attached hydrogens (tertiary/aromatic N) is 1. The third-order valence-electron chi connectivity index (χ3n) is 2.21. The van der Waals surface area contributed by atoms with E-state index in [2.05, 4.69) is 5.32 Å². The van der Waals surface area contributed by atoms with Gasteiger partial charge in [-0.3, -0.25) is 10.1 Å². The lowest BCUT2D eigenvalue weighted by molar-refractivity contribution is -0.117. The minimum atomic E-state index is -0.439. The highest BCUT2D eigenvalue weighted by molar-refractivity contribution is 6.28. The lowest BCUT2D eigenvalue weighted by Crippen LogP contribution is -2.44. The maximum atomic E-state index is 11.4. The van der Waals surface area contributed by atoms with Crippen LogP contribution in [0.1, 0.15) is 19.8 Å². The average molecular weight is 219 g/mol. The molecule has 3 amide bonds. The van der Waals surface area contributed by atoms with Gasteiger partial charge in [-0.05, 0) is 25.7 Å². The topological polar surface area (TPSA) is 49.4 Å². The lowest BCUT2D eigenvalue weighted by Gasteiger charge is -2.20. The van der Waals surface area contributed by atoms with Crippen LogP contribution < -0.4 is 5.32 Å². The van der Waals surface area contributed by atoms with Crippen molar-refractivity contribution in [1.82, 2.24) is 10.2 Å². The summed E-state index contributed by atoms with van der Waals surface area (Å²) in [6.45, 7) is 3.27. The standard InChI is InChI=1S/C9H15ClN2O2/c1-2-12(6-7-3-4-7)9(14)11-8(13)5-10/h7H,2-6H2,1H3,(H,11,13,14). The van der Waals surface area contributed by atoms with E-state index in [0.29, 0.717) is 12.5 Å². The van der Waals surface area contributed by atoms with Crippen LogP contribution in [0.15, 0.2) is 0 Å². The van der Waals surface area contributed by atoms with Crippen LogP contribution in [0.5, 0.6) is 0 Å². The number of urea groups is 1. The monoisotopic (exact) mass is 218 g/mol. The van der Waals surface area contributed by atoms with Crippen molar-refractivity contribution in [1.29, 1.82) is 0 Å². The SMILES string of the molecule is CCN(CC1CC1)C(=O)NC(=O)CCl. The Labute approximate surface area is 88.6 Å². The molecule has 1 saturated carbocycles. The molecular formula is C9H15ClN2O2. The fourth-order valence-corrected chi connectivity index (χ4v) is 1.27. The Morgan fingerprint density at radius 3 is 2.57 bits per heavy atom. The van der Waals surface area contributed by atoms with Crippen LogP contribution in [0, 0.1) is 5.92 Å². The first-order chi connectivity index (χ1) is 6.67. The number of alkyl halides is 1. The number of imide groups is 1. The molecule has 1 fully saturated rings. The number of nitrogens with one attached hydrogen (secondary N) is 1. The first-order valence-corrected chi connectivity index (χ1v) is 5.35. The molecule has 14 heavy (non-hydrogen) atoms. The maximum absolute atomic E-state index is 11.4. The largest absolute Gasteiger partial charge is 0.324 e. The quantitative estimate of drug-likeness (QED) is 0.721. The maximum Gasteiger partial charge on any atom is 0.324 e. The van der Waals surface area contributed by atoms with Crippen LogP contribution in [0.25, 0.3) is 0 Å². The molecule has 0 aromatic carbocycles. The fraction of sp³-hybridized carbons (Fsp3) is 0.778. The van der Waals surface area contributed by atoms with E-state index >= 15 is 0 Å². The highest BCUT2D eigenvalue weighted by Crippen LogP contribution is 2.29. The average Bonchev–Trinajstić information content (AvgIpc) is 2.97. The van der Waals surface area contributed by atoms with Crippen LogP contribution in [0.4, 0.5) is 4.79 Å². The van der Waals surface area contributed by atoms with Gasteiger partial charge in [0.1, 0.15) is 5.88 Å². The Morgan fingerprint density at radius 1 is 1.50 bits per heavy atom. The van der Waals surface area contributed by atoms with E-state index in [9.17, 15) is 9.59 Å². The Balaban J connectivity index is 2.34. The number of carbonyl (C=O) groups excluding carboxylic acids is 2. The van der Waals surface area contributed by atoms with Crippen molar-refractivity contribution in [2.75, 3.05) is 19.0 Å².